The van der Waals surface area contributed by atoms with E-state index in [4.69, 9.17) is 4.98 Å². The lowest BCUT2D eigenvalue weighted by atomic mass is 9.90. The van der Waals surface area contributed by atoms with Crippen molar-refractivity contribution in [1.29, 1.82) is 0 Å². The average molecular weight is 862 g/mol. The van der Waals surface area contributed by atoms with Gasteiger partial charge in [-0.25, -0.2) is 9.97 Å². The molecule has 2 amide bonds. The Hall–Kier alpha value is -6.68. The Morgan fingerprint density at radius 2 is 1.62 bits per heavy atom. The number of hydrogen-bond donors (Lipinski definition) is 4. The Morgan fingerprint density at radius 1 is 0.857 bits per heavy atom. The molecule has 0 unspecified atom stereocenters. The normalized spacial score (nSPS) is 17.1. The lowest BCUT2D eigenvalue weighted by molar-refractivity contribution is -0.286. The number of halogens is 2. The molecule has 3 aliphatic rings. The summed E-state index contributed by atoms with van der Waals surface area (Å²) in [5.74, 6) is 0.343. The van der Waals surface area contributed by atoms with Gasteiger partial charge < -0.3 is 35.4 Å². The molecule has 1 atom stereocenters. The van der Waals surface area contributed by atoms with Gasteiger partial charge in [0, 0.05) is 49.8 Å². The van der Waals surface area contributed by atoms with Gasteiger partial charge in [-0.05, 0) is 85.5 Å². The molecule has 1 saturated heterocycles. The molecule has 0 spiro atoms. The number of amides is 2. The van der Waals surface area contributed by atoms with Crippen LogP contribution in [0.2, 0.25) is 0 Å². The number of aromatic nitrogens is 3. The lowest BCUT2D eigenvalue weighted by Gasteiger charge is -2.38. The maximum atomic E-state index is 13.6. The number of ether oxygens (including phenoxy) is 2. The standard InChI is InChI=1S/C47H49F2N7O7/c1-30-11-14-39(52-27-38(57)46(15-16-46)35-12-13-36-37(25-35)63-47(48,49)62-36)54-43(30)33-9-6-10-34(24-33)44(60)51-20-19-50-40-26-42(59)56(29-53-40)28-45(61)17-21-55(22-18-45)41(58)23-31(2)32-7-4-3-5-8-32/h3-14,24-26,29,31,50,61H,15-23,27-28H2,1-2H3,(H,51,60)(H,52,54)/t31-/m1/s1. The molecule has 14 nitrogen and oxygen atoms in total. The van der Waals surface area contributed by atoms with E-state index in [1.54, 1.807) is 35.2 Å². The molecule has 1 saturated carbocycles. The number of benzene rings is 3. The number of rotatable bonds is 16. The van der Waals surface area contributed by atoms with E-state index in [-0.39, 0.29) is 66.8 Å². The Morgan fingerprint density at radius 3 is 2.37 bits per heavy atom. The summed E-state index contributed by atoms with van der Waals surface area (Å²) in [7, 11) is 0. The minimum absolute atomic E-state index is 0.0341. The Kier molecular flexibility index (Phi) is 12.0. The molecule has 2 aromatic heterocycles. The molecule has 4 N–H and O–H groups in total. The number of hydrogen-bond acceptors (Lipinski definition) is 11. The van der Waals surface area contributed by atoms with Gasteiger partial charge in [-0.3, -0.25) is 23.7 Å². The SMILES string of the molecule is Cc1ccc(NCC(=O)C2(c3ccc4c(c3)OC(F)(F)O4)CC2)nc1-c1cccc(C(=O)NCCNc2cc(=O)n(CC3(O)CCN(C(=O)C[C@@H](C)c4ccccc4)CC3)cn2)c1. The highest BCUT2D eigenvalue weighted by molar-refractivity contribution is 5.96. The fourth-order valence-corrected chi connectivity index (χ4v) is 8.22. The third-order valence-corrected chi connectivity index (χ3v) is 12.1. The van der Waals surface area contributed by atoms with Crippen LogP contribution < -0.4 is 31.0 Å². The first-order chi connectivity index (χ1) is 30.2. The second kappa shape index (κ2) is 17.6. The van der Waals surface area contributed by atoms with E-state index in [1.807, 2.05) is 56.3 Å². The molecule has 3 aromatic carbocycles. The van der Waals surface area contributed by atoms with E-state index in [0.717, 1.165) is 11.1 Å². The van der Waals surface area contributed by atoms with Crippen molar-refractivity contribution in [3.63, 3.8) is 0 Å². The van der Waals surface area contributed by atoms with Crippen molar-refractivity contribution < 1.29 is 37.7 Å². The third-order valence-electron chi connectivity index (χ3n) is 12.1. The van der Waals surface area contributed by atoms with Crippen molar-refractivity contribution in [3.05, 3.63) is 130 Å². The van der Waals surface area contributed by atoms with Crippen molar-refractivity contribution in [3.8, 4) is 22.8 Å². The van der Waals surface area contributed by atoms with Gasteiger partial charge in [-0.1, -0.05) is 61.5 Å². The minimum atomic E-state index is -3.74. The molecule has 0 radical (unpaired) electrons. The molecule has 328 valence electrons. The minimum Gasteiger partial charge on any atom is -0.395 e. The van der Waals surface area contributed by atoms with Crippen molar-refractivity contribution >= 4 is 29.2 Å². The third kappa shape index (κ3) is 9.86. The first-order valence-corrected chi connectivity index (χ1v) is 21.1. The monoisotopic (exact) mass is 861 g/mol. The van der Waals surface area contributed by atoms with Gasteiger partial charge >= 0.3 is 6.29 Å². The lowest BCUT2D eigenvalue weighted by Crippen LogP contribution is -2.49. The van der Waals surface area contributed by atoms with Gasteiger partial charge in [0.1, 0.15) is 11.6 Å². The van der Waals surface area contributed by atoms with Crippen LogP contribution in [0.5, 0.6) is 11.5 Å². The number of pyridine rings is 1. The predicted octanol–water partition coefficient (Wildman–Crippen LogP) is 6.04. The molecule has 63 heavy (non-hydrogen) atoms. The van der Waals surface area contributed by atoms with Crippen molar-refractivity contribution in [2.24, 2.45) is 0 Å². The Labute approximate surface area is 362 Å². The summed E-state index contributed by atoms with van der Waals surface area (Å²) in [5, 5.41) is 20.4. The summed E-state index contributed by atoms with van der Waals surface area (Å²) in [6.07, 6.45) is -0.0996. The van der Waals surface area contributed by atoms with Crippen LogP contribution in [0.25, 0.3) is 11.3 Å². The van der Waals surface area contributed by atoms with Crippen LogP contribution in [0, 0.1) is 6.92 Å². The number of ketones is 1. The summed E-state index contributed by atoms with van der Waals surface area (Å²) in [6.45, 7) is 5.29. The van der Waals surface area contributed by atoms with Crippen LogP contribution in [0.4, 0.5) is 20.4 Å². The number of nitrogens with one attached hydrogen (secondary N) is 3. The molecule has 0 bridgehead atoms. The van der Waals surface area contributed by atoms with Gasteiger partial charge in [0.25, 0.3) is 11.5 Å². The molecule has 8 rings (SSSR count). The molecular weight excluding hydrogens is 813 g/mol. The fraction of sp³-hybridized carbons (Fsp3) is 0.362. The zero-order valence-corrected chi connectivity index (χ0v) is 35.0. The van der Waals surface area contributed by atoms with Crippen LogP contribution in [0.15, 0.2) is 102 Å². The highest BCUT2D eigenvalue weighted by atomic mass is 19.3. The van der Waals surface area contributed by atoms with Crippen LogP contribution in [0.1, 0.15) is 72.0 Å². The molecule has 1 aliphatic carbocycles. The first kappa shape index (κ1) is 43.0. The first-order valence-electron chi connectivity index (χ1n) is 21.1. The maximum absolute atomic E-state index is 13.6. The molecule has 2 fully saturated rings. The number of fused-ring (bicyclic) bond motifs is 1. The van der Waals surface area contributed by atoms with Crippen molar-refractivity contribution in [1.82, 2.24) is 24.8 Å². The highest BCUT2D eigenvalue weighted by Crippen LogP contribution is 2.52. The smallest absolute Gasteiger partial charge is 0.395 e. The molecule has 4 heterocycles. The molecule has 2 aliphatic heterocycles. The zero-order chi connectivity index (χ0) is 44.4. The summed E-state index contributed by atoms with van der Waals surface area (Å²) in [5.41, 5.74) is 2.01. The number of piperidine rings is 1. The zero-order valence-electron chi connectivity index (χ0n) is 35.0. The number of aryl methyl sites for hydroxylation is 1. The summed E-state index contributed by atoms with van der Waals surface area (Å²) < 4.78 is 37.6. The number of nitrogens with zero attached hydrogens (tertiary/aromatic N) is 4. The number of alkyl halides is 2. The number of Topliss-reactive ketones (excluding diaryl/α,β-unsaturated/α-hetero) is 1. The van der Waals surface area contributed by atoms with Crippen LogP contribution in [-0.4, -0.2) is 86.8 Å². The summed E-state index contributed by atoms with van der Waals surface area (Å²) in [6, 6.07) is 26.4. The maximum Gasteiger partial charge on any atom is 0.586 e. The second-order valence-electron chi connectivity index (χ2n) is 16.7. The number of carbonyl (C=O) groups is 3. The fourth-order valence-electron chi connectivity index (χ4n) is 8.22. The number of carbonyl (C=O) groups excluding carboxylic acids is 3. The van der Waals surface area contributed by atoms with E-state index >= 15 is 0 Å². The van der Waals surface area contributed by atoms with E-state index in [2.05, 4.69) is 30.4 Å². The van der Waals surface area contributed by atoms with Crippen LogP contribution in [-0.2, 0) is 21.5 Å². The van der Waals surface area contributed by atoms with E-state index in [9.17, 15) is 33.1 Å². The van der Waals surface area contributed by atoms with Gasteiger partial charge in [-0.2, -0.15) is 0 Å². The van der Waals surface area contributed by atoms with Gasteiger partial charge in [0.15, 0.2) is 17.3 Å². The van der Waals surface area contributed by atoms with Gasteiger partial charge in [-0.15, -0.1) is 8.78 Å². The average Bonchev–Trinajstić information content (AvgIpc) is 4.02. The molecule has 16 heteroatoms. The summed E-state index contributed by atoms with van der Waals surface area (Å²) in [4.78, 5) is 63.5. The number of likely N-dealkylation sites (tertiary alicyclic amines) is 1. The largest absolute Gasteiger partial charge is 0.586 e. The topological polar surface area (TPSA) is 177 Å². The van der Waals surface area contributed by atoms with Crippen LogP contribution >= 0.6 is 0 Å². The van der Waals surface area contributed by atoms with E-state index < -0.39 is 17.3 Å². The highest BCUT2D eigenvalue weighted by Gasteiger charge is 2.52. The number of anilines is 2. The van der Waals surface area contributed by atoms with Gasteiger partial charge in [0.2, 0.25) is 5.91 Å². The van der Waals surface area contributed by atoms with Crippen LogP contribution in [0.3, 0.4) is 0 Å². The van der Waals surface area contributed by atoms with E-state index in [1.165, 1.54) is 29.1 Å². The Bertz CT molecular complexity index is 2580. The number of aliphatic hydroxyl groups is 1. The second-order valence-corrected chi connectivity index (χ2v) is 16.7. The van der Waals surface area contributed by atoms with Crippen molar-refractivity contribution in [2.75, 3.05) is 43.4 Å². The molecular formula is C47H49F2N7O7. The molecule has 5 aromatic rings. The quantitative estimate of drug-likeness (QED) is 0.0852. The van der Waals surface area contributed by atoms with Gasteiger partial charge in [0.05, 0.1) is 36.1 Å². The summed E-state index contributed by atoms with van der Waals surface area (Å²) >= 11 is 0. The van der Waals surface area contributed by atoms with E-state index in [0.29, 0.717) is 79.2 Å². The predicted molar refractivity (Wildman–Crippen MR) is 231 cm³/mol. The Balaban J connectivity index is 0.794. The van der Waals surface area contributed by atoms with Crippen molar-refractivity contribution in [2.45, 2.75) is 75.7 Å².